The molecule has 0 radical (unpaired) electrons. The van der Waals surface area contributed by atoms with Crippen LogP contribution in [-0.4, -0.2) is 14.9 Å². The van der Waals surface area contributed by atoms with Gasteiger partial charge in [-0.05, 0) is 6.07 Å². The van der Waals surface area contributed by atoms with E-state index in [1.54, 1.807) is 0 Å². The van der Waals surface area contributed by atoms with E-state index in [9.17, 15) is 10.1 Å². The lowest BCUT2D eigenvalue weighted by Crippen LogP contribution is -1.87. The van der Waals surface area contributed by atoms with Crippen molar-refractivity contribution in [3.05, 3.63) is 34.1 Å². The van der Waals surface area contributed by atoms with E-state index in [0.717, 1.165) is 0 Å². The van der Waals surface area contributed by atoms with Crippen molar-refractivity contribution >= 4 is 16.7 Å². The number of pyridine rings is 1. The zero-order valence-electron chi connectivity index (χ0n) is 6.89. The van der Waals surface area contributed by atoms with Crippen molar-refractivity contribution < 1.29 is 4.92 Å². The fraction of sp³-hybridized carbons (Fsp3) is 0. The molecule has 0 bridgehead atoms. The molecule has 6 nitrogen and oxygen atoms in total. The molecule has 0 aliphatic carbocycles. The maximum atomic E-state index is 10.5. The standard InChI is InChI=1S/C8H4N4O2/c9-2-5-1-6-8(11-3-5)7(4-10-6)12(13)14/h1,3-4,10H. The average molecular weight is 188 g/mol. The highest BCUT2D eigenvalue weighted by molar-refractivity contribution is 5.85. The maximum absolute atomic E-state index is 10.5. The minimum atomic E-state index is -0.516. The summed E-state index contributed by atoms with van der Waals surface area (Å²) in [6, 6.07) is 3.43. The second kappa shape index (κ2) is 2.81. The van der Waals surface area contributed by atoms with Gasteiger partial charge < -0.3 is 4.98 Å². The van der Waals surface area contributed by atoms with Crippen molar-refractivity contribution in [2.45, 2.75) is 0 Å². The van der Waals surface area contributed by atoms with Crippen molar-refractivity contribution in [2.75, 3.05) is 0 Å². The number of hydrogen-bond acceptors (Lipinski definition) is 4. The van der Waals surface area contributed by atoms with Crippen LogP contribution in [-0.2, 0) is 0 Å². The second-order valence-corrected chi connectivity index (χ2v) is 2.66. The van der Waals surface area contributed by atoms with E-state index in [0.29, 0.717) is 11.1 Å². The lowest BCUT2D eigenvalue weighted by atomic mass is 10.3. The molecule has 0 aliphatic heterocycles. The lowest BCUT2D eigenvalue weighted by Gasteiger charge is -1.89. The molecule has 2 aromatic rings. The van der Waals surface area contributed by atoms with Gasteiger partial charge in [0.2, 0.25) is 0 Å². The Kier molecular flexibility index (Phi) is 1.65. The van der Waals surface area contributed by atoms with Crippen LogP contribution in [0.2, 0.25) is 0 Å². The van der Waals surface area contributed by atoms with Crippen LogP contribution < -0.4 is 0 Å². The molecule has 0 saturated heterocycles. The first-order chi connectivity index (χ1) is 6.72. The fourth-order valence-electron chi connectivity index (χ4n) is 1.19. The Bertz CT molecular complexity index is 552. The SMILES string of the molecule is N#Cc1cnc2c([N+](=O)[O-])c[nH]c2c1. The maximum Gasteiger partial charge on any atom is 0.312 e. The Hall–Kier alpha value is -2.42. The molecule has 0 aliphatic rings. The minimum absolute atomic E-state index is 0.0792. The van der Waals surface area contributed by atoms with E-state index in [2.05, 4.69) is 9.97 Å². The summed E-state index contributed by atoms with van der Waals surface area (Å²) < 4.78 is 0. The third kappa shape index (κ3) is 1.08. The van der Waals surface area contributed by atoms with Crippen molar-refractivity contribution in [1.29, 1.82) is 5.26 Å². The Morgan fingerprint density at radius 3 is 3.07 bits per heavy atom. The molecule has 68 valence electrons. The number of nitriles is 1. The molecule has 2 heterocycles. The zero-order chi connectivity index (χ0) is 10.1. The topological polar surface area (TPSA) is 95.6 Å². The van der Waals surface area contributed by atoms with Gasteiger partial charge in [-0.1, -0.05) is 0 Å². The van der Waals surface area contributed by atoms with E-state index in [-0.39, 0.29) is 11.2 Å². The summed E-state index contributed by atoms with van der Waals surface area (Å²) in [6.45, 7) is 0. The number of nitrogens with one attached hydrogen (secondary N) is 1. The van der Waals surface area contributed by atoms with Crippen molar-refractivity contribution in [3.8, 4) is 6.07 Å². The first kappa shape index (κ1) is 8.19. The molecule has 0 saturated carbocycles. The first-order valence-electron chi connectivity index (χ1n) is 3.74. The highest BCUT2D eigenvalue weighted by atomic mass is 16.6. The van der Waals surface area contributed by atoms with Crippen LogP contribution in [0.15, 0.2) is 18.5 Å². The van der Waals surface area contributed by atoms with Gasteiger partial charge in [-0.25, -0.2) is 4.98 Å². The summed E-state index contributed by atoms with van der Waals surface area (Å²) in [6.07, 6.45) is 2.57. The van der Waals surface area contributed by atoms with E-state index in [1.165, 1.54) is 18.5 Å². The lowest BCUT2D eigenvalue weighted by molar-refractivity contribution is -0.383. The van der Waals surface area contributed by atoms with Gasteiger partial charge in [-0.2, -0.15) is 5.26 Å². The number of nitrogens with zero attached hydrogens (tertiary/aromatic N) is 3. The Morgan fingerprint density at radius 1 is 1.64 bits per heavy atom. The van der Waals surface area contributed by atoms with Crippen LogP contribution in [0.25, 0.3) is 11.0 Å². The number of H-pyrrole nitrogens is 1. The summed E-state index contributed by atoms with van der Waals surface area (Å²) in [7, 11) is 0. The summed E-state index contributed by atoms with van der Waals surface area (Å²) in [5.41, 5.74) is 1.06. The average Bonchev–Trinajstić information content (AvgIpc) is 2.59. The van der Waals surface area contributed by atoms with E-state index < -0.39 is 4.92 Å². The third-order valence-electron chi connectivity index (χ3n) is 1.82. The molecule has 0 spiro atoms. The molecular weight excluding hydrogens is 184 g/mol. The van der Waals surface area contributed by atoms with Crippen LogP contribution in [0.5, 0.6) is 0 Å². The van der Waals surface area contributed by atoms with Crippen LogP contribution in [0.3, 0.4) is 0 Å². The van der Waals surface area contributed by atoms with Gasteiger partial charge in [0.05, 0.1) is 22.2 Å². The van der Waals surface area contributed by atoms with Gasteiger partial charge in [0.25, 0.3) is 0 Å². The molecule has 0 atom stereocenters. The minimum Gasteiger partial charge on any atom is -0.354 e. The molecule has 0 unspecified atom stereocenters. The van der Waals surface area contributed by atoms with Gasteiger partial charge in [0, 0.05) is 6.20 Å². The molecule has 0 fully saturated rings. The Labute approximate surface area is 78.0 Å². The van der Waals surface area contributed by atoms with Crippen LogP contribution >= 0.6 is 0 Å². The van der Waals surface area contributed by atoms with Crippen LogP contribution in [0.1, 0.15) is 5.56 Å². The van der Waals surface area contributed by atoms with Crippen LogP contribution in [0, 0.1) is 21.4 Å². The largest absolute Gasteiger partial charge is 0.354 e. The van der Waals surface area contributed by atoms with Crippen LogP contribution in [0.4, 0.5) is 5.69 Å². The smallest absolute Gasteiger partial charge is 0.312 e. The summed E-state index contributed by atoms with van der Waals surface area (Å²) in [4.78, 5) is 16.5. The van der Waals surface area contributed by atoms with E-state index in [1.807, 2.05) is 6.07 Å². The van der Waals surface area contributed by atoms with E-state index >= 15 is 0 Å². The quantitative estimate of drug-likeness (QED) is 0.539. The highest BCUT2D eigenvalue weighted by Crippen LogP contribution is 2.22. The Morgan fingerprint density at radius 2 is 2.43 bits per heavy atom. The highest BCUT2D eigenvalue weighted by Gasteiger charge is 2.14. The number of aromatic nitrogens is 2. The molecule has 2 rings (SSSR count). The first-order valence-corrected chi connectivity index (χ1v) is 3.74. The number of aromatic amines is 1. The summed E-state index contributed by atoms with van der Waals surface area (Å²) >= 11 is 0. The number of nitro groups is 1. The zero-order valence-corrected chi connectivity index (χ0v) is 6.89. The van der Waals surface area contributed by atoms with Gasteiger partial charge >= 0.3 is 5.69 Å². The molecule has 1 N–H and O–H groups in total. The summed E-state index contributed by atoms with van der Waals surface area (Å²) in [5.74, 6) is 0. The molecule has 14 heavy (non-hydrogen) atoms. The van der Waals surface area contributed by atoms with Crippen molar-refractivity contribution in [1.82, 2.24) is 9.97 Å². The predicted molar refractivity (Wildman–Crippen MR) is 47.5 cm³/mol. The van der Waals surface area contributed by atoms with Gasteiger partial charge in [0.15, 0.2) is 5.52 Å². The van der Waals surface area contributed by atoms with Gasteiger partial charge in [0.1, 0.15) is 6.07 Å². The van der Waals surface area contributed by atoms with Gasteiger partial charge in [-0.3, -0.25) is 10.1 Å². The number of fused-ring (bicyclic) bond motifs is 1. The second-order valence-electron chi connectivity index (χ2n) is 2.66. The number of rotatable bonds is 1. The normalized spacial score (nSPS) is 9.93. The van der Waals surface area contributed by atoms with Gasteiger partial charge in [-0.15, -0.1) is 0 Å². The molecule has 6 heteroatoms. The molecular formula is C8H4N4O2. The number of hydrogen-bond donors (Lipinski definition) is 1. The fourth-order valence-corrected chi connectivity index (χ4v) is 1.19. The molecule has 0 aromatic carbocycles. The van der Waals surface area contributed by atoms with Crippen molar-refractivity contribution in [3.63, 3.8) is 0 Å². The molecule has 2 aromatic heterocycles. The monoisotopic (exact) mass is 188 g/mol. The molecule has 0 amide bonds. The van der Waals surface area contributed by atoms with E-state index in [4.69, 9.17) is 5.26 Å². The Balaban J connectivity index is 2.73. The summed E-state index contributed by atoms with van der Waals surface area (Å²) in [5, 5.41) is 19.1. The predicted octanol–water partition coefficient (Wildman–Crippen LogP) is 1.34. The van der Waals surface area contributed by atoms with Crippen molar-refractivity contribution in [2.24, 2.45) is 0 Å². The third-order valence-corrected chi connectivity index (χ3v) is 1.82.